The molecular formula is C21H17FN2O6S2. The largest absolute Gasteiger partial charge is 0.484 e. The number of benzene rings is 2. The van der Waals surface area contributed by atoms with E-state index in [1.165, 1.54) is 47.7 Å². The van der Waals surface area contributed by atoms with Crippen LogP contribution < -0.4 is 10.1 Å². The smallest absolute Gasteiger partial charge is 0.340 e. The molecule has 32 heavy (non-hydrogen) atoms. The Morgan fingerprint density at radius 3 is 2.66 bits per heavy atom. The summed E-state index contributed by atoms with van der Waals surface area (Å²) in [5, 5.41) is 15.4. The SMILES string of the molecule is CS(=O)(=O)CNc1cc2oc(-c3ccc(F)cc3)c(C(=O)O)c2cc1OCc1nccs1. The van der Waals surface area contributed by atoms with E-state index in [9.17, 15) is 22.7 Å². The van der Waals surface area contributed by atoms with E-state index < -0.39 is 21.6 Å². The van der Waals surface area contributed by atoms with Crippen molar-refractivity contribution in [2.45, 2.75) is 6.61 Å². The summed E-state index contributed by atoms with van der Waals surface area (Å²) in [6, 6.07) is 8.21. The number of hydrogen-bond donors (Lipinski definition) is 2. The molecule has 2 heterocycles. The molecule has 8 nitrogen and oxygen atoms in total. The third-order valence-corrected chi connectivity index (χ3v) is 5.89. The van der Waals surface area contributed by atoms with Gasteiger partial charge in [-0.15, -0.1) is 11.3 Å². The normalized spacial score (nSPS) is 11.6. The molecule has 0 bridgehead atoms. The molecule has 0 aliphatic heterocycles. The van der Waals surface area contributed by atoms with E-state index in [2.05, 4.69) is 10.3 Å². The number of sulfone groups is 1. The molecule has 2 N–H and O–H groups in total. The van der Waals surface area contributed by atoms with Gasteiger partial charge in [0.25, 0.3) is 0 Å². The number of halogens is 1. The number of aromatic carboxylic acids is 1. The highest BCUT2D eigenvalue weighted by molar-refractivity contribution is 7.90. The minimum Gasteiger partial charge on any atom is -0.484 e. The fourth-order valence-corrected chi connectivity index (χ4v) is 4.02. The predicted octanol–water partition coefficient (Wildman–Crippen LogP) is 4.39. The van der Waals surface area contributed by atoms with Crippen molar-refractivity contribution < 1.29 is 31.9 Å². The first-order chi connectivity index (χ1) is 15.2. The summed E-state index contributed by atoms with van der Waals surface area (Å²) in [5.74, 6) is -1.76. The molecule has 0 saturated heterocycles. The molecule has 0 unspecified atom stereocenters. The molecule has 0 atom stereocenters. The van der Waals surface area contributed by atoms with Crippen molar-refractivity contribution in [3.8, 4) is 17.1 Å². The van der Waals surface area contributed by atoms with E-state index in [0.29, 0.717) is 16.3 Å². The van der Waals surface area contributed by atoms with Crippen LogP contribution in [0.1, 0.15) is 15.4 Å². The van der Waals surface area contributed by atoms with Crippen LogP contribution in [0.4, 0.5) is 10.1 Å². The van der Waals surface area contributed by atoms with Gasteiger partial charge in [-0.25, -0.2) is 22.6 Å². The molecule has 11 heteroatoms. The van der Waals surface area contributed by atoms with Crippen LogP contribution in [0, 0.1) is 5.82 Å². The van der Waals surface area contributed by atoms with Gasteiger partial charge in [0.2, 0.25) is 0 Å². The average Bonchev–Trinajstić information content (AvgIpc) is 3.37. The maximum atomic E-state index is 13.3. The van der Waals surface area contributed by atoms with E-state index in [1.54, 1.807) is 11.6 Å². The molecule has 4 rings (SSSR count). The number of aromatic nitrogens is 1. The fourth-order valence-electron chi connectivity index (χ4n) is 3.07. The van der Waals surface area contributed by atoms with Crippen LogP contribution in [-0.4, -0.2) is 36.6 Å². The van der Waals surface area contributed by atoms with Crippen LogP contribution in [0.15, 0.2) is 52.4 Å². The van der Waals surface area contributed by atoms with Crippen molar-refractivity contribution >= 4 is 43.8 Å². The molecule has 0 aliphatic rings. The van der Waals surface area contributed by atoms with Crippen molar-refractivity contribution in [3.63, 3.8) is 0 Å². The monoisotopic (exact) mass is 476 g/mol. The quantitative estimate of drug-likeness (QED) is 0.384. The Morgan fingerprint density at radius 1 is 1.28 bits per heavy atom. The van der Waals surface area contributed by atoms with E-state index in [4.69, 9.17) is 9.15 Å². The summed E-state index contributed by atoms with van der Waals surface area (Å²) in [5.41, 5.74) is 0.798. The van der Waals surface area contributed by atoms with Crippen LogP contribution >= 0.6 is 11.3 Å². The van der Waals surface area contributed by atoms with Gasteiger partial charge in [0, 0.05) is 34.8 Å². The highest BCUT2D eigenvalue weighted by Crippen LogP contribution is 2.39. The summed E-state index contributed by atoms with van der Waals surface area (Å²) < 4.78 is 48.2. The second-order valence-electron chi connectivity index (χ2n) is 6.92. The Hall–Kier alpha value is -3.44. The van der Waals surface area contributed by atoms with Gasteiger partial charge >= 0.3 is 5.97 Å². The first-order valence-electron chi connectivity index (χ1n) is 9.24. The van der Waals surface area contributed by atoms with Crippen molar-refractivity contribution in [2.75, 3.05) is 17.4 Å². The zero-order valence-electron chi connectivity index (χ0n) is 16.7. The number of nitrogens with zero attached hydrogens (tertiary/aromatic N) is 1. The number of nitrogens with one attached hydrogen (secondary N) is 1. The van der Waals surface area contributed by atoms with Gasteiger partial charge in [-0.05, 0) is 30.3 Å². The molecule has 2 aromatic carbocycles. The molecule has 166 valence electrons. The van der Waals surface area contributed by atoms with E-state index in [0.717, 1.165) is 6.26 Å². The highest BCUT2D eigenvalue weighted by Gasteiger charge is 2.24. The van der Waals surface area contributed by atoms with Gasteiger partial charge in [0.1, 0.15) is 46.0 Å². The first-order valence-corrected chi connectivity index (χ1v) is 12.2. The Bertz CT molecular complexity index is 1380. The molecule has 4 aromatic rings. The number of ether oxygens (including phenoxy) is 1. The zero-order valence-corrected chi connectivity index (χ0v) is 18.3. The second-order valence-corrected chi connectivity index (χ2v) is 10.0. The summed E-state index contributed by atoms with van der Waals surface area (Å²) in [6.45, 7) is 0.113. The van der Waals surface area contributed by atoms with Crippen molar-refractivity contribution in [3.05, 3.63) is 64.4 Å². The van der Waals surface area contributed by atoms with Crippen molar-refractivity contribution in [1.29, 1.82) is 0 Å². The number of rotatable bonds is 8. The maximum Gasteiger partial charge on any atom is 0.340 e. The summed E-state index contributed by atoms with van der Waals surface area (Å²) in [4.78, 5) is 16.2. The zero-order chi connectivity index (χ0) is 22.9. The minimum absolute atomic E-state index is 0.0543. The van der Waals surface area contributed by atoms with E-state index >= 15 is 0 Å². The third-order valence-electron chi connectivity index (χ3n) is 4.47. The number of carboxylic acids is 1. The van der Waals surface area contributed by atoms with Gasteiger partial charge in [-0.3, -0.25) is 0 Å². The van der Waals surface area contributed by atoms with Crippen LogP contribution in [-0.2, 0) is 16.4 Å². The van der Waals surface area contributed by atoms with Crippen LogP contribution in [0.2, 0.25) is 0 Å². The fraction of sp³-hybridized carbons (Fsp3) is 0.143. The number of carbonyl (C=O) groups is 1. The standard InChI is InChI=1S/C21H17FN2O6S2/c1-32(27,28)11-24-15-9-16-14(8-17(15)29-10-18-23-6-7-31-18)19(21(25)26)20(30-16)12-2-4-13(22)5-3-12/h2-9,24H,10-11H2,1H3,(H,25,26). The Balaban J connectivity index is 1.83. The number of carboxylic acid groups (broad SMARTS) is 1. The predicted molar refractivity (Wildman–Crippen MR) is 118 cm³/mol. The van der Waals surface area contributed by atoms with Crippen LogP contribution in [0.25, 0.3) is 22.3 Å². The molecule has 2 aromatic heterocycles. The lowest BCUT2D eigenvalue weighted by atomic mass is 10.0. The van der Waals surface area contributed by atoms with Gasteiger partial charge in [-0.1, -0.05) is 0 Å². The van der Waals surface area contributed by atoms with E-state index in [-0.39, 0.29) is 40.5 Å². The highest BCUT2D eigenvalue weighted by atomic mass is 32.2. The first kappa shape index (κ1) is 21.8. The maximum absolute atomic E-state index is 13.3. The molecular weight excluding hydrogens is 459 g/mol. The van der Waals surface area contributed by atoms with Gasteiger partial charge in [0.15, 0.2) is 9.84 Å². The number of anilines is 1. The number of fused-ring (bicyclic) bond motifs is 1. The lowest BCUT2D eigenvalue weighted by Crippen LogP contribution is -2.13. The Kier molecular flexibility index (Phi) is 5.85. The third kappa shape index (κ3) is 4.73. The summed E-state index contributed by atoms with van der Waals surface area (Å²) in [6.07, 6.45) is 2.71. The number of thiazole rings is 1. The molecule has 0 fully saturated rings. The van der Waals surface area contributed by atoms with Crippen LogP contribution in [0.5, 0.6) is 5.75 Å². The Morgan fingerprint density at radius 2 is 2.03 bits per heavy atom. The van der Waals surface area contributed by atoms with Gasteiger partial charge in [0.05, 0.1) is 5.69 Å². The second kappa shape index (κ2) is 8.60. The number of hydrogen-bond acceptors (Lipinski definition) is 8. The number of furan rings is 1. The molecule has 0 amide bonds. The Labute approximate surface area is 186 Å². The van der Waals surface area contributed by atoms with Gasteiger partial charge in [-0.2, -0.15) is 0 Å². The van der Waals surface area contributed by atoms with E-state index in [1.807, 2.05) is 0 Å². The molecule has 0 spiro atoms. The lowest BCUT2D eigenvalue weighted by Gasteiger charge is -2.12. The topological polar surface area (TPSA) is 119 Å². The molecule has 0 radical (unpaired) electrons. The van der Waals surface area contributed by atoms with Crippen molar-refractivity contribution in [1.82, 2.24) is 4.98 Å². The summed E-state index contributed by atoms with van der Waals surface area (Å²) in [7, 11) is -3.35. The summed E-state index contributed by atoms with van der Waals surface area (Å²) >= 11 is 1.38. The van der Waals surface area contributed by atoms with Gasteiger partial charge < -0.3 is 19.6 Å². The molecule has 0 aliphatic carbocycles. The molecule has 0 saturated carbocycles. The van der Waals surface area contributed by atoms with Crippen molar-refractivity contribution in [2.24, 2.45) is 0 Å². The minimum atomic E-state index is -3.35. The average molecular weight is 477 g/mol. The lowest BCUT2D eigenvalue weighted by molar-refractivity contribution is 0.0699. The van der Waals surface area contributed by atoms with Crippen LogP contribution in [0.3, 0.4) is 0 Å².